The van der Waals surface area contributed by atoms with Crippen molar-refractivity contribution in [3.63, 3.8) is 0 Å². The summed E-state index contributed by atoms with van der Waals surface area (Å²) in [5, 5.41) is 9.91. The van der Waals surface area contributed by atoms with Crippen LogP contribution in [-0.4, -0.2) is 16.1 Å². The van der Waals surface area contributed by atoms with Gasteiger partial charge >= 0.3 is 5.97 Å². The van der Waals surface area contributed by atoms with Gasteiger partial charge in [-0.1, -0.05) is 0 Å². The molecule has 0 aromatic carbocycles. The molecule has 4 nitrogen and oxygen atoms in total. The zero-order valence-electron chi connectivity index (χ0n) is 8.18. The molecule has 0 aliphatic carbocycles. The van der Waals surface area contributed by atoms with Gasteiger partial charge in [-0.15, -0.1) is 0 Å². The van der Waals surface area contributed by atoms with Gasteiger partial charge in [0, 0.05) is 10.7 Å². The summed E-state index contributed by atoms with van der Waals surface area (Å²) in [6.07, 6.45) is 1.66. The topological polar surface area (TPSA) is 63.3 Å². The molecule has 2 heterocycles. The molecule has 17 heavy (non-hydrogen) atoms. The first kappa shape index (κ1) is 12.7. The maximum absolute atomic E-state index is 10.6. The van der Waals surface area contributed by atoms with Gasteiger partial charge in [-0.25, -0.2) is 9.78 Å². The van der Waals surface area contributed by atoms with Gasteiger partial charge in [0.05, 0.1) is 4.47 Å². The number of rotatable bonds is 3. The summed E-state index contributed by atoms with van der Waals surface area (Å²) in [4.78, 5) is 14.8. The first-order valence-corrected chi connectivity index (χ1v) is 6.78. The number of nitrogens with zero attached hydrogens (tertiary/aromatic N) is 1. The maximum atomic E-state index is 10.6. The van der Waals surface area contributed by atoms with Crippen LogP contribution < -0.4 is 0 Å². The normalized spacial score (nSPS) is 10.5. The van der Waals surface area contributed by atoms with Crippen molar-refractivity contribution in [3.8, 4) is 0 Å². The molecule has 2 rings (SSSR count). The molecule has 2 aromatic rings. The van der Waals surface area contributed by atoms with Crippen LogP contribution in [0.15, 0.2) is 47.9 Å². The molecule has 0 saturated heterocycles. The molecule has 0 bridgehead atoms. The van der Waals surface area contributed by atoms with Gasteiger partial charge in [0.25, 0.3) is 0 Å². The summed E-state index contributed by atoms with van der Waals surface area (Å²) in [5.74, 6) is -1.17. The van der Waals surface area contributed by atoms with Crippen molar-refractivity contribution in [1.82, 2.24) is 4.98 Å². The fourth-order valence-corrected chi connectivity index (χ4v) is 3.01. The van der Waals surface area contributed by atoms with Crippen LogP contribution in [0.25, 0.3) is 0 Å². The number of halogens is 2. The van der Waals surface area contributed by atoms with E-state index in [1.165, 1.54) is 17.8 Å². The Morgan fingerprint density at radius 3 is 2.76 bits per heavy atom. The van der Waals surface area contributed by atoms with Gasteiger partial charge in [0.15, 0.2) is 5.09 Å². The van der Waals surface area contributed by atoms with E-state index in [4.69, 9.17) is 9.52 Å². The summed E-state index contributed by atoms with van der Waals surface area (Å²) in [6, 6.07) is 4.87. The molecule has 7 heteroatoms. The molecular weight excluding hydrogens is 374 g/mol. The van der Waals surface area contributed by atoms with Crippen molar-refractivity contribution in [3.05, 3.63) is 39.1 Å². The highest BCUT2D eigenvalue weighted by Crippen LogP contribution is 2.33. The number of aromatic nitrogens is 1. The zero-order valence-corrected chi connectivity index (χ0v) is 12.2. The Hall–Kier alpha value is -0.790. The van der Waals surface area contributed by atoms with E-state index in [-0.39, 0.29) is 5.76 Å². The second-order valence-corrected chi connectivity index (χ2v) is 5.73. The lowest BCUT2D eigenvalue weighted by molar-refractivity contribution is 0.0656. The lowest BCUT2D eigenvalue weighted by Crippen LogP contribution is -1.91. The fraction of sp³-hybridized carbons (Fsp3) is 0. The Labute approximate surface area is 118 Å². The maximum Gasteiger partial charge on any atom is 0.371 e. The SMILES string of the molecule is O=C(O)c1ccc(Sc2ncc(Br)cc2Br)o1. The van der Waals surface area contributed by atoms with Crippen LogP contribution in [0.3, 0.4) is 0 Å². The standard InChI is InChI=1S/C10H5Br2NO3S/c11-5-3-6(12)9(13-4-5)17-8-2-1-7(16-8)10(14)15/h1-4H,(H,14,15). The third-order valence-electron chi connectivity index (χ3n) is 1.76. The quantitative estimate of drug-likeness (QED) is 0.872. The van der Waals surface area contributed by atoms with E-state index < -0.39 is 5.97 Å². The molecule has 0 amide bonds. The lowest BCUT2D eigenvalue weighted by Gasteiger charge is -2.00. The molecule has 0 fully saturated rings. The molecule has 88 valence electrons. The van der Waals surface area contributed by atoms with Gasteiger partial charge < -0.3 is 9.52 Å². The fourth-order valence-electron chi connectivity index (χ4n) is 1.06. The molecule has 0 spiro atoms. The van der Waals surface area contributed by atoms with E-state index in [0.717, 1.165) is 8.95 Å². The van der Waals surface area contributed by atoms with Crippen LogP contribution in [-0.2, 0) is 0 Å². The van der Waals surface area contributed by atoms with Crippen molar-refractivity contribution in [2.24, 2.45) is 0 Å². The number of hydrogen-bond acceptors (Lipinski definition) is 4. The molecule has 1 N–H and O–H groups in total. The lowest BCUT2D eigenvalue weighted by atomic mass is 10.5. The Bertz CT molecular complexity index is 570. The summed E-state index contributed by atoms with van der Waals surface area (Å²) < 4.78 is 6.80. The molecule has 0 atom stereocenters. The minimum atomic E-state index is -1.08. The number of carboxylic acids is 1. The van der Waals surface area contributed by atoms with E-state index in [2.05, 4.69) is 36.8 Å². The number of pyridine rings is 1. The van der Waals surface area contributed by atoms with Gasteiger partial charge in [-0.05, 0) is 61.8 Å². The summed E-state index contributed by atoms with van der Waals surface area (Å²) in [7, 11) is 0. The minimum absolute atomic E-state index is 0.0827. The summed E-state index contributed by atoms with van der Waals surface area (Å²) in [6.45, 7) is 0. The Balaban J connectivity index is 2.22. The minimum Gasteiger partial charge on any atom is -0.475 e. The van der Waals surface area contributed by atoms with Gasteiger partial charge in [0.1, 0.15) is 5.03 Å². The Morgan fingerprint density at radius 2 is 2.18 bits per heavy atom. The average molecular weight is 379 g/mol. The third-order valence-corrected chi connectivity index (χ3v) is 4.00. The summed E-state index contributed by atoms with van der Waals surface area (Å²) in [5.41, 5.74) is 0. The molecule has 2 aromatic heterocycles. The van der Waals surface area contributed by atoms with Crippen LogP contribution in [0.4, 0.5) is 0 Å². The van der Waals surface area contributed by atoms with Crippen LogP contribution in [0, 0.1) is 0 Å². The van der Waals surface area contributed by atoms with Crippen LogP contribution in [0.5, 0.6) is 0 Å². The molecule has 0 aliphatic heterocycles. The number of carbonyl (C=O) groups is 1. The molecule has 0 radical (unpaired) electrons. The number of aromatic carboxylic acids is 1. The second-order valence-electron chi connectivity index (χ2n) is 2.97. The molecule has 0 aliphatic rings. The van der Waals surface area contributed by atoms with E-state index >= 15 is 0 Å². The predicted molar refractivity (Wildman–Crippen MR) is 69.4 cm³/mol. The summed E-state index contributed by atoms with van der Waals surface area (Å²) >= 11 is 7.92. The van der Waals surface area contributed by atoms with E-state index in [1.54, 1.807) is 12.3 Å². The highest BCUT2D eigenvalue weighted by Gasteiger charge is 2.12. The highest BCUT2D eigenvalue weighted by atomic mass is 79.9. The first-order chi connectivity index (χ1) is 8.06. The third kappa shape index (κ3) is 3.11. The monoisotopic (exact) mass is 377 g/mol. The molecular formula is C10H5Br2NO3S. The smallest absolute Gasteiger partial charge is 0.371 e. The first-order valence-electron chi connectivity index (χ1n) is 4.38. The van der Waals surface area contributed by atoms with Crippen molar-refractivity contribution < 1.29 is 14.3 Å². The Morgan fingerprint density at radius 1 is 1.41 bits per heavy atom. The van der Waals surface area contributed by atoms with Crippen LogP contribution in [0.2, 0.25) is 0 Å². The average Bonchev–Trinajstić information content (AvgIpc) is 2.71. The number of furan rings is 1. The van der Waals surface area contributed by atoms with Crippen LogP contribution >= 0.6 is 43.6 Å². The largest absolute Gasteiger partial charge is 0.475 e. The van der Waals surface area contributed by atoms with E-state index in [0.29, 0.717) is 10.1 Å². The number of carboxylic acid groups (broad SMARTS) is 1. The van der Waals surface area contributed by atoms with Gasteiger partial charge in [0.2, 0.25) is 5.76 Å². The Kier molecular flexibility index (Phi) is 3.90. The van der Waals surface area contributed by atoms with Crippen molar-refractivity contribution in [2.45, 2.75) is 10.1 Å². The molecule has 0 unspecified atom stereocenters. The van der Waals surface area contributed by atoms with E-state index in [1.807, 2.05) is 6.07 Å². The van der Waals surface area contributed by atoms with Gasteiger partial charge in [-0.2, -0.15) is 0 Å². The van der Waals surface area contributed by atoms with Crippen molar-refractivity contribution in [2.75, 3.05) is 0 Å². The predicted octanol–water partition coefficient (Wildman–Crippen LogP) is 4.05. The number of hydrogen-bond donors (Lipinski definition) is 1. The van der Waals surface area contributed by atoms with Crippen molar-refractivity contribution >= 4 is 49.6 Å². The van der Waals surface area contributed by atoms with Gasteiger partial charge in [-0.3, -0.25) is 0 Å². The van der Waals surface area contributed by atoms with Crippen molar-refractivity contribution in [1.29, 1.82) is 0 Å². The molecule has 0 saturated carbocycles. The highest BCUT2D eigenvalue weighted by molar-refractivity contribution is 9.11. The zero-order chi connectivity index (χ0) is 12.4. The second kappa shape index (κ2) is 5.24. The van der Waals surface area contributed by atoms with Crippen LogP contribution in [0.1, 0.15) is 10.6 Å². The van der Waals surface area contributed by atoms with E-state index in [9.17, 15) is 4.79 Å².